The molecule has 10 heteroatoms. The van der Waals surface area contributed by atoms with Gasteiger partial charge in [0, 0.05) is 37.2 Å². The van der Waals surface area contributed by atoms with Gasteiger partial charge in [-0.3, -0.25) is 20.0 Å². The predicted molar refractivity (Wildman–Crippen MR) is 99.9 cm³/mol. The van der Waals surface area contributed by atoms with E-state index in [-0.39, 0.29) is 35.8 Å². The first kappa shape index (κ1) is 19.4. The van der Waals surface area contributed by atoms with E-state index < -0.39 is 23.8 Å². The van der Waals surface area contributed by atoms with Crippen molar-refractivity contribution >= 4 is 23.4 Å². The monoisotopic (exact) mass is 408 g/mol. The number of rotatable bonds is 6. The summed E-state index contributed by atoms with van der Waals surface area (Å²) < 4.78 is 34.9. The Hall–Kier alpha value is -2.88. The van der Waals surface area contributed by atoms with E-state index in [4.69, 9.17) is 9.57 Å². The summed E-state index contributed by atoms with van der Waals surface area (Å²) in [6.45, 7) is 2.03. The number of anilines is 2. The van der Waals surface area contributed by atoms with Crippen molar-refractivity contribution in [1.29, 1.82) is 0 Å². The molecule has 0 unspecified atom stereocenters. The molecule has 1 atom stereocenters. The van der Waals surface area contributed by atoms with Crippen molar-refractivity contribution in [2.45, 2.75) is 25.9 Å². The molecule has 156 valence electrons. The number of nitrogens with zero attached hydrogens (tertiary/aromatic N) is 2. The summed E-state index contributed by atoms with van der Waals surface area (Å²) in [5.74, 6) is -1.80. The molecule has 1 aromatic rings. The van der Waals surface area contributed by atoms with Gasteiger partial charge >= 0.3 is 6.09 Å². The molecule has 2 heterocycles. The molecule has 0 radical (unpaired) electrons. The molecule has 2 amide bonds. The standard InChI is InChI=1S/C19H22F2N4O4/c1-11(26)22-7-13-8-25(18(27)29-13)12-5-14(20)17(15(21)6-12)24-9-16(23-28-2)19(10-24)3-4-19/h5-6,9,13,23H,3-4,7-8,10H2,1-2H3,(H,22,26)/t13-/m0/s1. The first-order chi connectivity index (χ1) is 13.8. The van der Waals surface area contributed by atoms with Crippen molar-refractivity contribution in [3.05, 3.63) is 35.7 Å². The molecule has 0 aromatic heterocycles. The summed E-state index contributed by atoms with van der Waals surface area (Å²) in [4.78, 5) is 30.8. The molecule has 4 rings (SSSR count). The summed E-state index contributed by atoms with van der Waals surface area (Å²) >= 11 is 0. The number of hydrogen-bond donors (Lipinski definition) is 2. The van der Waals surface area contributed by atoms with Crippen molar-refractivity contribution in [1.82, 2.24) is 10.8 Å². The van der Waals surface area contributed by atoms with Gasteiger partial charge in [-0.2, -0.15) is 0 Å². The zero-order valence-electron chi connectivity index (χ0n) is 16.1. The van der Waals surface area contributed by atoms with Crippen molar-refractivity contribution in [3.63, 3.8) is 0 Å². The number of halogens is 2. The molecule has 2 fully saturated rings. The minimum atomic E-state index is -0.774. The maximum Gasteiger partial charge on any atom is 0.414 e. The highest BCUT2D eigenvalue weighted by Crippen LogP contribution is 2.55. The minimum Gasteiger partial charge on any atom is -0.442 e. The van der Waals surface area contributed by atoms with E-state index in [2.05, 4.69) is 10.8 Å². The maximum absolute atomic E-state index is 14.9. The van der Waals surface area contributed by atoms with Gasteiger partial charge in [0.25, 0.3) is 0 Å². The lowest BCUT2D eigenvalue weighted by Crippen LogP contribution is -2.33. The number of amides is 2. The molecule has 1 saturated carbocycles. The Balaban J connectivity index is 1.54. The van der Waals surface area contributed by atoms with E-state index >= 15 is 0 Å². The number of hydrogen-bond acceptors (Lipinski definition) is 6. The van der Waals surface area contributed by atoms with E-state index in [1.807, 2.05) is 0 Å². The molecule has 1 spiro atoms. The van der Waals surface area contributed by atoms with Crippen LogP contribution in [0.5, 0.6) is 0 Å². The lowest BCUT2D eigenvalue weighted by atomic mass is 10.1. The van der Waals surface area contributed by atoms with Gasteiger partial charge in [-0.15, -0.1) is 0 Å². The lowest BCUT2D eigenvalue weighted by Gasteiger charge is -2.21. The number of cyclic esters (lactones) is 1. The second kappa shape index (κ2) is 7.18. The summed E-state index contributed by atoms with van der Waals surface area (Å²) in [6.07, 6.45) is 2.20. The van der Waals surface area contributed by atoms with Gasteiger partial charge in [0.2, 0.25) is 5.91 Å². The van der Waals surface area contributed by atoms with Crippen LogP contribution in [0, 0.1) is 17.0 Å². The van der Waals surface area contributed by atoms with Crippen LogP contribution in [0.2, 0.25) is 0 Å². The van der Waals surface area contributed by atoms with Crippen LogP contribution in [-0.2, 0) is 14.4 Å². The van der Waals surface area contributed by atoms with E-state index in [0.29, 0.717) is 6.54 Å². The summed E-state index contributed by atoms with van der Waals surface area (Å²) in [7, 11) is 1.49. The summed E-state index contributed by atoms with van der Waals surface area (Å²) in [5, 5.41) is 2.56. The van der Waals surface area contributed by atoms with Crippen LogP contribution >= 0.6 is 0 Å². The molecule has 0 bridgehead atoms. The van der Waals surface area contributed by atoms with Gasteiger partial charge in [-0.05, 0) is 12.8 Å². The fourth-order valence-corrected chi connectivity index (χ4v) is 3.79. The highest BCUT2D eigenvalue weighted by Gasteiger charge is 2.52. The molecule has 1 aliphatic carbocycles. The number of benzene rings is 1. The van der Waals surface area contributed by atoms with Crippen LogP contribution in [0.1, 0.15) is 19.8 Å². The Morgan fingerprint density at radius 2 is 2.03 bits per heavy atom. The number of hydroxylamine groups is 1. The fourth-order valence-electron chi connectivity index (χ4n) is 3.79. The molecule has 1 aromatic carbocycles. The third-order valence-corrected chi connectivity index (χ3v) is 5.45. The van der Waals surface area contributed by atoms with Crippen LogP contribution in [0.25, 0.3) is 0 Å². The quantitative estimate of drug-likeness (QED) is 0.701. The third-order valence-electron chi connectivity index (χ3n) is 5.45. The van der Waals surface area contributed by atoms with E-state index in [0.717, 1.165) is 35.6 Å². The molecular weight excluding hydrogens is 386 g/mol. The zero-order valence-corrected chi connectivity index (χ0v) is 16.1. The fraction of sp³-hybridized carbons (Fsp3) is 0.474. The van der Waals surface area contributed by atoms with Gasteiger partial charge < -0.3 is 15.0 Å². The molecule has 2 aliphatic heterocycles. The number of nitrogens with one attached hydrogen (secondary N) is 2. The Morgan fingerprint density at radius 3 is 2.62 bits per heavy atom. The Labute approximate surface area is 166 Å². The smallest absolute Gasteiger partial charge is 0.414 e. The van der Waals surface area contributed by atoms with Gasteiger partial charge in [0.15, 0.2) is 11.6 Å². The first-order valence-corrected chi connectivity index (χ1v) is 9.32. The van der Waals surface area contributed by atoms with E-state index in [1.165, 1.54) is 18.9 Å². The predicted octanol–water partition coefficient (Wildman–Crippen LogP) is 2.02. The highest BCUT2D eigenvalue weighted by molar-refractivity contribution is 5.90. The molecule has 1 saturated heterocycles. The summed E-state index contributed by atoms with van der Waals surface area (Å²) in [6, 6.07) is 2.24. The van der Waals surface area contributed by atoms with Gasteiger partial charge in [0.05, 0.1) is 31.6 Å². The topological polar surface area (TPSA) is 83.1 Å². The second-order valence-electron chi connectivity index (χ2n) is 7.57. The molecule has 8 nitrogen and oxygen atoms in total. The number of carbonyl (C=O) groups excluding carboxylic acids is 2. The second-order valence-corrected chi connectivity index (χ2v) is 7.57. The van der Waals surface area contributed by atoms with Crippen LogP contribution < -0.4 is 20.6 Å². The molecular formula is C19H22F2N4O4. The van der Waals surface area contributed by atoms with Crippen LogP contribution in [-0.4, -0.2) is 44.8 Å². The number of ether oxygens (including phenoxy) is 1. The van der Waals surface area contributed by atoms with Gasteiger partial charge in [-0.1, -0.05) is 0 Å². The van der Waals surface area contributed by atoms with E-state index in [9.17, 15) is 18.4 Å². The Morgan fingerprint density at radius 1 is 1.34 bits per heavy atom. The van der Waals surface area contributed by atoms with Gasteiger partial charge in [0.1, 0.15) is 11.8 Å². The van der Waals surface area contributed by atoms with Gasteiger partial charge in [-0.25, -0.2) is 13.6 Å². The normalized spacial score (nSPS) is 22.0. The lowest BCUT2D eigenvalue weighted by molar-refractivity contribution is -0.119. The van der Waals surface area contributed by atoms with Crippen LogP contribution in [0.15, 0.2) is 24.0 Å². The van der Waals surface area contributed by atoms with Crippen LogP contribution in [0.4, 0.5) is 25.0 Å². The van der Waals surface area contributed by atoms with Crippen molar-refractivity contribution in [2.24, 2.45) is 5.41 Å². The SMILES string of the molecule is CONC1=CN(c2c(F)cc(N3C[C@H](CNC(C)=O)OC3=O)cc2F)CC12CC2. The molecule has 3 aliphatic rings. The minimum absolute atomic E-state index is 0.0682. The first-order valence-electron chi connectivity index (χ1n) is 9.32. The zero-order chi connectivity index (χ0) is 20.8. The highest BCUT2D eigenvalue weighted by atomic mass is 19.1. The average molecular weight is 408 g/mol. The largest absolute Gasteiger partial charge is 0.442 e. The van der Waals surface area contributed by atoms with Crippen molar-refractivity contribution in [3.8, 4) is 0 Å². The van der Waals surface area contributed by atoms with Crippen LogP contribution in [0.3, 0.4) is 0 Å². The number of carbonyl (C=O) groups is 2. The van der Waals surface area contributed by atoms with Crippen molar-refractivity contribution in [2.75, 3.05) is 36.5 Å². The van der Waals surface area contributed by atoms with Crippen molar-refractivity contribution < 1.29 is 27.9 Å². The average Bonchev–Trinajstić information content (AvgIpc) is 3.20. The molecule has 2 N–H and O–H groups in total. The Kier molecular flexibility index (Phi) is 4.81. The Bertz CT molecular complexity index is 864. The van der Waals surface area contributed by atoms with E-state index in [1.54, 1.807) is 6.20 Å². The third kappa shape index (κ3) is 3.59. The maximum atomic E-state index is 14.9. The summed E-state index contributed by atoms with van der Waals surface area (Å²) in [5.41, 5.74) is 3.34. The molecule has 29 heavy (non-hydrogen) atoms.